The van der Waals surface area contributed by atoms with Crippen LogP contribution in [0.2, 0.25) is 0 Å². The minimum atomic E-state index is -0.613. The zero-order valence-electron chi connectivity index (χ0n) is 17.3. The fourth-order valence-electron chi connectivity index (χ4n) is 3.57. The van der Waals surface area contributed by atoms with Crippen molar-refractivity contribution in [2.24, 2.45) is 0 Å². The molecule has 3 unspecified atom stereocenters. The summed E-state index contributed by atoms with van der Waals surface area (Å²) in [5, 5.41) is 10.5. The van der Waals surface area contributed by atoms with Crippen LogP contribution in [-0.4, -0.2) is 54.2 Å². The van der Waals surface area contributed by atoms with Crippen molar-refractivity contribution < 1.29 is 19.4 Å². The number of nitrogens with zero attached hydrogens (tertiary/aromatic N) is 1. The van der Waals surface area contributed by atoms with Crippen LogP contribution in [0.1, 0.15) is 42.3 Å². The molecule has 1 fully saturated rings. The predicted molar refractivity (Wildman–Crippen MR) is 124 cm³/mol. The molecule has 0 aliphatic carbocycles. The molecular formula is C23H29BrClNO4. The van der Waals surface area contributed by atoms with Gasteiger partial charge in [0, 0.05) is 35.6 Å². The third kappa shape index (κ3) is 6.53. The van der Waals surface area contributed by atoms with E-state index in [1.807, 2.05) is 19.1 Å². The Balaban J connectivity index is 0.00000320. The minimum absolute atomic E-state index is 0. The zero-order chi connectivity index (χ0) is 20.8. The third-order valence-corrected chi connectivity index (χ3v) is 5.80. The number of carbonyl (C=O) groups is 1. The molecule has 164 valence electrons. The van der Waals surface area contributed by atoms with Gasteiger partial charge in [0.2, 0.25) is 0 Å². The second-order valence-corrected chi connectivity index (χ2v) is 8.26. The number of morpholine rings is 1. The minimum Gasteiger partial charge on any atom is -0.491 e. The van der Waals surface area contributed by atoms with Crippen LogP contribution in [-0.2, 0) is 4.74 Å². The summed E-state index contributed by atoms with van der Waals surface area (Å²) in [7, 11) is 0. The number of Topliss-reactive ketones (excluding diaryl/α,β-unsaturated/α-hetero) is 1. The smallest absolute Gasteiger partial charge is 0.162 e. The van der Waals surface area contributed by atoms with Crippen LogP contribution in [0, 0.1) is 0 Å². The van der Waals surface area contributed by atoms with Crippen molar-refractivity contribution in [3.05, 3.63) is 64.1 Å². The maximum absolute atomic E-state index is 11.7. The van der Waals surface area contributed by atoms with Gasteiger partial charge in [-0.05, 0) is 48.9 Å². The average Bonchev–Trinajstić information content (AvgIpc) is 2.74. The van der Waals surface area contributed by atoms with Crippen molar-refractivity contribution in [1.29, 1.82) is 0 Å². The van der Waals surface area contributed by atoms with Gasteiger partial charge >= 0.3 is 0 Å². The number of β-amino-alcohol motifs (C(OH)–C–C–N with tert-alkyl or cyclic N) is 1. The topological polar surface area (TPSA) is 59.0 Å². The highest BCUT2D eigenvalue weighted by Crippen LogP contribution is 2.29. The van der Waals surface area contributed by atoms with Gasteiger partial charge in [-0.2, -0.15) is 0 Å². The molecule has 1 aliphatic heterocycles. The van der Waals surface area contributed by atoms with Gasteiger partial charge in [0.1, 0.15) is 18.5 Å². The quantitative estimate of drug-likeness (QED) is 0.536. The predicted octanol–water partition coefficient (Wildman–Crippen LogP) is 4.67. The number of carbonyl (C=O) groups excluding carboxylic acids is 1. The molecule has 2 aromatic carbocycles. The molecule has 5 nitrogen and oxygen atoms in total. The molecule has 1 aliphatic rings. The largest absolute Gasteiger partial charge is 0.491 e. The van der Waals surface area contributed by atoms with Gasteiger partial charge in [0.05, 0.1) is 12.7 Å². The first-order valence-electron chi connectivity index (χ1n) is 10.0. The van der Waals surface area contributed by atoms with Gasteiger partial charge in [-0.15, -0.1) is 12.4 Å². The Morgan fingerprint density at radius 1 is 1.23 bits per heavy atom. The summed E-state index contributed by atoms with van der Waals surface area (Å²) in [5.74, 6) is 0.762. The van der Waals surface area contributed by atoms with Gasteiger partial charge in [-0.25, -0.2) is 0 Å². The number of ketones is 1. The van der Waals surface area contributed by atoms with Gasteiger partial charge in [-0.3, -0.25) is 9.69 Å². The van der Waals surface area contributed by atoms with Crippen molar-refractivity contribution in [3.8, 4) is 5.75 Å². The lowest BCUT2D eigenvalue weighted by Crippen LogP contribution is -2.49. The summed E-state index contributed by atoms with van der Waals surface area (Å²) in [6, 6.07) is 15.4. The molecule has 0 aromatic heterocycles. The van der Waals surface area contributed by atoms with E-state index in [1.165, 1.54) is 0 Å². The van der Waals surface area contributed by atoms with E-state index in [2.05, 4.69) is 39.9 Å². The molecule has 1 saturated heterocycles. The van der Waals surface area contributed by atoms with E-state index in [-0.39, 0.29) is 36.9 Å². The van der Waals surface area contributed by atoms with E-state index in [4.69, 9.17) is 9.47 Å². The van der Waals surface area contributed by atoms with Crippen LogP contribution in [0.3, 0.4) is 0 Å². The highest BCUT2D eigenvalue weighted by atomic mass is 79.9. The van der Waals surface area contributed by atoms with E-state index in [0.717, 1.165) is 16.6 Å². The van der Waals surface area contributed by atoms with Gasteiger partial charge in [0.15, 0.2) is 5.78 Å². The summed E-state index contributed by atoms with van der Waals surface area (Å²) < 4.78 is 12.8. The van der Waals surface area contributed by atoms with E-state index in [1.54, 1.807) is 24.3 Å². The lowest BCUT2D eigenvalue weighted by atomic mass is 10.0. The van der Waals surface area contributed by atoms with Crippen LogP contribution >= 0.6 is 28.3 Å². The summed E-state index contributed by atoms with van der Waals surface area (Å²) in [4.78, 5) is 13.9. The highest BCUT2D eigenvalue weighted by molar-refractivity contribution is 9.10. The van der Waals surface area contributed by atoms with Crippen molar-refractivity contribution >= 4 is 34.1 Å². The average molecular weight is 499 g/mol. The molecule has 7 heteroatoms. The molecule has 3 rings (SSSR count). The third-order valence-electron chi connectivity index (χ3n) is 5.27. The van der Waals surface area contributed by atoms with Crippen molar-refractivity contribution in [1.82, 2.24) is 4.90 Å². The number of aliphatic hydroxyl groups excluding tert-OH is 1. The first-order chi connectivity index (χ1) is 14.0. The number of halogens is 2. The summed E-state index contributed by atoms with van der Waals surface area (Å²) >= 11 is 3.47. The maximum atomic E-state index is 11.7. The van der Waals surface area contributed by atoms with Crippen LogP contribution in [0.4, 0.5) is 0 Å². The first kappa shape index (κ1) is 24.8. The molecule has 2 aromatic rings. The van der Waals surface area contributed by atoms with Gasteiger partial charge < -0.3 is 14.6 Å². The van der Waals surface area contributed by atoms with Gasteiger partial charge in [-0.1, -0.05) is 35.0 Å². The second kappa shape index (κ2) is 11.8. The fourth-order valence-corrected chi connectivity index (χ4v) is 3.84. The summed E-state index contributed by atoms with van der Waals surface area (Å²) in [5.41, 5.74) is 1.82. The summed E-state index contributed by atoms with van der Waals surface area (Å²) in [6.45, 7) is 6.10. The number of rotatable bonds is 8. The van der Waals surface area contributed by atoms with Crippen molar-refractivity contribution in [3.63, 3.8) is 0 Å². The Hall–Kier alpha value is -1.44. The number of aliphatic hydroxyl groups is 1. The van der Waals surface area contributed by atoms with E-state index in [0.29, 0.717) is 30.9 Å². The first-order valence-corrected chi connectivity index (χ1v) is 10.8. The zero-order valence-corrected chi connectivity index (χ0v) is 19.7. The monoisotopic (exact) mass is 497 g/mol. The molecule has 30 heavy (non-hydrogen) atoms. The normalized spacial score (nSPS) is 20.3. The second-order valence-electron chi connectivity index (χ2n) is 7.34. The van der Waals surface area contributed by atoms with E-state index in [9.17, 15) is 9.90 Å². The molecule has 1 N–H and O–H groups in total. The standard InChI is InChI=1S/C23H28BrNO4.ClH/c1-3-22(27)17-6-10-21(11-7-17)29-15-20(26)14-25-12-13-28-23(16(25)2)18-4-8-19(24)9-5-18;/h4-11,16,20,23,26H,3,12-15H2,1-2H3;1H. The molecule has 0 amide bonds. The molecule has 1 heterocycles. The molecule has 3 atom stereocenters. The van der Waals surface area contributed by atoms with Crippen molar-refractivity contribution in [2.45, 2.75) is 38.5 Å². The number of hydrogen-bond donors (Lipinski definition) is 1. The van der Waals surface area contributed by atoms with Crippen LogP contribution in [0.15, 0.2) is 53.0 Å². The Kier molecular flexibility index (Phi) is 9.78. The molecule has 0 saturated carbocycles. The Bertz CT molecular complexity index is 800. The SMILES string of the molecule is CCC(=O)c1ccc(OCC(O)CN2CCOC(c3ccc(Br)cc3)C2C)cc1.Cl. The summed E-state index contributed by atoms with van der Waals surface area (Å²) in [6.07, 6.45) is -0.149. The highest BCUT2D eigenvalue weighted by Gasteiger charge is 2.31. The lowest BCUT2D eigenvalue weighted by Gasteiger charge is -2.40. The Labute approximate surface area is 192 Å². The maximum Gasteiger partial charge on any atom is 0.162 e. The molecule has 0 bridgehead atoms. The number of ether oxygens (including phenoxy) is 2. The van der Waals surface area contributed by atoms with E-state index < -0.39 is 6.10 Å². The molecule has 0 radical (unpaired) electrons. The van der Waals surface area contributed by atoms with Crippen molar-refractivity contribution in [2.75, 3.05) is 26.3 Å². The Morgan fingerprint density at radius 2 is 1.90 bits per heavy atom. The van der Waals surface area contributed by atoms with E-state index >= 15 is 0 Å². The number of hydrogen-bond acceptors (Lipinski definition) is 5. The molecular weight excluding hydrogens is 470 g/mol. The Morgan fingerprint density at radius 3 is 2.53 bits per heavy atom. The molecule has 0 spiro atoms. The number of benzene rings is 2. The lowest BCUT2D eigenvalue weighted by molar-refractivity contribution is -0.0804. The van der Waals surface area contributed by atoms with Crippen LogP contribution in [0.25, 0.3) is 0 Å². The fraction of sp³-hybridized carbons (Fsp3) is 0.435. The van der Waals surface area contributed by atoms with Crippen LogP contribution < -0.4 is 4.74 Å². The van der Waals surface area contributed by atoms with Crippen LogP contribution in [0.5, 0.6) is 5.75 Å². The van der Waals surface area contributed by atoms with Gasteiger partial charge in [0.25, 0.3) is 0 Å².